The summed E-state index contributed by atoms with van der Waals surface area (Å²) in [5.41, 5.74) is 6.90. The second-order valence-corrected chi connectivity index (χ2v) is 4.36. The quantitative estimate of drug-likeness (QED) is 0.626. The molecule has 4 N–H and O–H groups in total. The van der Waals surface area contributed by atoms with Crippen molar-refractivity contribution in [3.8, 4) is 0 Å². The van der Waals surface area contributed by atoms with Crippen LogP contribution in [0.3, 0.4) is 0 Å². The lowest BCUT2D eigenvalue weighted by Crippen LogP contribution is -2.11. The maximum Gasteiger partial charge on any atom is 0.196 e. The van der Waals surface area contributed by atoms with Crippen LogP contribution in [0.1, 0.15) is 18.8 Å². The van der Waals surface area contributed by atoms with E-state index in [2.05, 4.69) is 30.9 Å². The predicted molar refractivity (Wildman–Crippen MR) is 72.3 cm³/mol. The van der Waals surface area contributed by atoms with E-state index in [1.807, 2.05) is 0 Å². The van der Waals surface area contributed by atoms with Crippen molar-refractivity contribution in [2.45, 2.75) is 13.0 Å². The normalized spacial score (nSPS) is 12.5. The summed E-state index contributed by atoms with van der Waals surface area (Å²) in [6.07, 6.45) is 1.59. The molecule has 0 aliphatic carbocycles. The van der Waals surface area contributed by atoms with Gasteiger partial charge in [-0.25, -0.2) is 4.39 Å². The zero-order chi connectivity index (χ0) is 14.1. The summed E-state index contributed by atoms with van der Waals surface area (Å²) in [4.78, 5) is 4.19. The van der Waals surface area contributed by atoms with Crippen LogP contribution in [-0.2, 0) is 0 Å². The fourth-order valence-electron chi connectivity index (χ4n) is 2.01. The molecule has 0 bridgehead atoms. The predicted octanol–water partition coefficient (Wildman–Crippen LogP) is 1.64. The lowest BCUT2D eigenvalue weighted by atomic mass is 10.1. The SMILES string of the molecule is CC(Nc1c(F)cc(N)c2cccnc12)c1nn[nH]n1. The van der Waals surface area contributed by atoms with Crippen molar-refractivity contribution in [2.24, 2.45) is 0 Å². The molecule has 0 saturated heterocycles. The van der Waals surface area contributed by atoms with Crippen LogP contribution >= 0.6 is 0 Å². The number of rotatable bonds is 3. The molecule has 0 radical (unpaired) electrons. The molecule has 1 unspecified atom stereocenters. The van der Waals surface area contributed by atoms with E-state index < -0.39 is 5.82 Å². The van der Waals surface area contributed by atoms with Gasteiger partial charge in [-0.1, -0.05) is 5.21 Å². The third kappa shape index (κ3) is 2.00. The van der Waals surface area contributed by atoms with E-state index in [1.165, 1.54) is 6.07 Å². The van der Waals surface area contributed by atoms with E-state index in [0.29, 0.717) is 22.4 Å². The Balaban J connectivity index is 2.07. The lowest BCUT2D eigenvalue weighted by Gasteiger charge is -2.15. The number of aromatic nitrogens is 5. The summed E-state index contributed by atoms with van der Waals surface area (Å²) in [5.74, 6) is -0.0330. The molecular weight excluding hydrogens is 261 g/mol. The van der Waals surface area contributed by atoms with Gasteiger partial charge in [0, 0.05) is 17.3 Å². The Hall–Kier alpha value is -2.77. The van der Waals surface area contributed by atoms with Gasteiger partial charge in [0.25, 0.3) is 0 Å². The number of nitrogen functional groups attached to an aromatic ring is 1. The Morgan fingerprint density at radius 2 is 2.30 bits per heavy atom. The molecule has 0 amide bonds. The highest BCUT2D eigenvalue weighted by atomic mass is 19.1. The largest absolute Gasteiger partial charge is 0.398 e. The van der Waals surface area contributed by atoms with E-state index in [1.54, 1.807) is 25.3 Å². The Morgan fingerprint density at radius 1 is 1.45 bits per heavy atom. The molecule has 1 atom stereocenters. The molecular formula is C12H12FN7. The molecule has 0 fully saturated rings. The summed E-state index contributed by atoms with van der Waals surface area (Å²) in [7, 11) is 0. The standard InChI is InChI=1S/C12H12FN7/c1-6(12-17-19-20-18-12)16-11-8(13)5-9(14)7-3-2-4-15-10(7)11/h2-6,16H,14H2,1H3,(H,17,18,19,20). The average Bonchev–Trinajstić information content (AvgIpc) is 2.97. The van der Waals surface area contributed by atoms with Crippen LogP contribution in [0, 0.1) is 5.82 Å². The van der Waals surface area contributed by atoms with Crippen LogP contribution in [0.5, 0.6) is 0 Å². The first-order chi connectivity index (χ1) is 9.66. The highest BCUT2D eigenvalue weighted by molar-refractivity contribution is 5.98. The van der Waals surface area contributed by atoms with Gasteiger partial charge in [-0.05, 0) is 25.1 Å². The van der Waals surface area contributed by atoms with Gasteiger partial charge < -0.3 is 11.1 Å². The van der Waals surface area contributed by atoms with Crippen molar-refractivity contribution >= 4 is 22.3 Å². The van der Waals surface area contributed by atoms with Gasteiger partial charge in [0.15, 0.2) is 11.6 Å². The van der Waals surface area contributed by atoms with Crippen LogP contribution in [0.2, 0.25) is 0 Å². The molecule has 2 heterocycles. The molecule has 1 aromatic carbocycles. The van der Waals surface area contributed by atoms with Gasteiger partial charge in [0.05, 0.1) is 17.2 Å². The average molecular weight is 273 g/mol. The first-order valence-corrected chi connectivity index (χ1v) is 5.99. The summed E-state index contributed by atoms with van der Waals surface area (Å²) in [5, 5.41) is 17.3. The van der Waals surface area contributed by atoms with Crippen LogP contribution in [-0.4, -0.2) is 25.6 Å². The molecule has 7 nitrogen and oxygen atoms in total. The number of nitrogens with one attached hydrogen (secondary N) is 2. The molecule has 8 heteroatoms. The van der Waals surface area contributed by atoms with Crippen LogP contribution in [0.25, 0.3) is 10.9 Å². The minimum Gasteiger partial charge on any atom is -0.398 e. The van der Waals surface area contributed by atoms with E-state index in [-0.39, 0.29) is 11.7 Å². The second-order valence-electron chi connectivity index (χ2n) is 4.36. The summed E-state index contributed by atoms with van der Waals surface area (Å²) in [6.45, 7) is 1.80. The van der Waals surface area contributed by atoms with Crippen molar-refractivity contribution in [1.29, 1.82) is 0 Å². The van der Waals surface area contributed by atoms with E-state index in [9.17, 15) is 4.39 Å². The van der Waals surface area contributed by atoms with Gasteiger partial charge in [-0.3, -0.25) is 4.98 Å². The van der Waals surface area contributed by atoms with E-state index >= 15 is 0 Å². The van der Waals surface area contributed by atoms with Gasteiger partial charge in [0.1, 0.15) is 0 Å². The maximum absolute atomic E-state index is 14.1. The number of hydrogen-bond acceptors (Lipinski definition) is 6. The number of anilines is 2. The summed E-state index contributed by atoms with van der Waals surface area (Å²) in [6, 6.07) is 4.50. The van der Waals surface area contributed by atoms with Crippen molar-refractivity contribution in [3.63, 3.8) is 0 Å². The van der Waals surface area contributed by atoms with Crippen molar-refractivity contribution in [1.82, 2.24) is 25.6 Å². The molecule has 102 valence electrons. The number of aromatic amines is 1. The number of fused-ring (bicyclic) bond motifs is 1. The molecule has 0 aliphatic rings. The molecule has 2 aromatic heterocycles. The topological polar surface area (TPSA) is 105 Å². The fourth-order valence-corrected chi connectivity index (χ4v) is 2.01. The highest BCUT2D eigenvalue weighted by Gasteiger charge is 2.16. The zero-order valence-electron chi connectivity index (χ0n) is 10.6. The number of nitrogens with two attached hydrogens (primary N) is 1. The molecule has 0 saturated carbocycles. The smallest absolute Gasteiger partial charge is 0.196 e. The second kappa shape index (κ2) is 4.72. The number of pyridine rings is 1. The number of hydrogen-bond donors (Lipinski definition) is 3. The van der Waals surface area contributed by atoms with Gasteiger partial charge in [0.2, 0.25) is 0 Å². The van der Waals surface area contributed by atoms with Gasteiger partial charge in [-0.2, -0.15) is 5.21 Å². The number of benzene rings is 1. The van der Waals surface area contributed by atoms with E-state index in [4.69, 9.17) is 5.73 Å². The summed E-state index contributed by atoms with van der Waals surface area (Å²) < 4.78 is 14.1. The minimum absolute atomic E-state index is 0.270. The number of nitrogens with zero attached hydrogens (tertiary/aromatic N) is 4. The third-order valence-electron chi connectivity index (χ3n) is 2.99. The molecule has 3 rings (SSSR count). The van der Waals surface area contributed by atoms with Gasteiger partial charge >= 0.3 is 0 Å². The Kier molecular flexibility index (Phi) is 2.90. The minimum atomic E-state index is -0.468. The summed E-state index contributed by atoms with van der Waals surface area (Å²) >= 11 is 0. The van der Waals surface area contributed by atoms with Crippen molar-refractivity contribution < 1.29 is 4.39 Å². The maximum atomic E-state index is 14.1. The first kappa shape index (κ1) is 12.3. The van der Waals surface area contributed by atoms with E-state index in [0.717, 1.165) is 0 Å². The molecule has 20 heavy (non-hydrogen) atoms. The van der Waals surface area contributed by atoms with Crippen LogP contribution < -0.4 is 11.1 Å². The monoisotopic (exact) mass is 273 g/mol. The Morgan fingerprint density at radius 3 is 3.05 bits per heavy atom. The first-order valence-electron chi connectivity index (χ1n) is 5.99. The highest BCUT2D eigenvalue weighted by Crippen LogP contribution is 2.31. The van der Waals surface area contributed by atoms with Gasteiger partial charge in [-0.15, -0.1) is 10.2 Å². The number of halogens is 1. The lowest BCUT2D eigenvalue weighted by molar-refractivity contribution is 0.628. The fraction of sp³-hybridized carbons (Fsp3) is 0.167. The number of H-pyrrole nitrogens is 1. The molecule has 0 spiro atoms. The number of tetrazole rings is 1. The Labute approximate surface area is 113 Å². The van der Waals surface area contributed by atoms with Crippen molar-refractivity contribution in [2.75, 3.05) is 11.1 Å². The molecule has 0 aliphatic heterocycles. The third-order valence-corrected chi connectivity index (χ3v) is 2.99. The van der Waals surface area contributed by atoms with Crippen LogP contribution in [0.15, 0.2) is 24.4 Å². The van der Waals surface area contributed by atoms with Crippen molar-refractivity contribution in [3.05, 3.63) is 36.0 Å². The zero-order valence-corrected chi connectivity index (χ0v) is 10.6. The molecule has 3 aromatic rings. The van der Waals surface area contributed by atoms with Crippen LogP contribution in [0.4, 0.5) is 15.8 Å². The Bertz CT molecular complexity index is 741.